The van der Waals surface area contributed by atoms with Crippen molar-refractivity contribution < 1.29 is 63.8 Å². The average molecular weight is 478 g/mol. The van der Waals surface area contributed by atoms with Crippen molar-refractivity contribution in [3.05, 3.63) is 12.1 Å². The number of hydrogen-bond donors (Lipinski definition) is 6. The molecule has 2 heterocycles. The number of ether oxygens (including phenoxy) is 7. The molecule has 1 aromatic rings. The molecular weight excluding hydrogens is 448 g/mol. The minimum Gasteiger partial charge on any atom is -0.493 e. The van der Waals surface area contributed by atoms with E-state index in [1.807, 2.05) is 0 Å². The van der Waals surface area contributed by atoms with Gasteiger partial charge in [-0.25, -0.2) is 0 Å². The molecule has 7 unspecified atom stereocenters. The highest BCUT2D eigenvalue weighted by molar-refractivity contribution is 5.55. The Morgan fingerprint density at radius 2 is 1.58 bits per heavy atom. The van der Waals surface area contributed by atoms with E-state index in [-0.39, 0.29) is 23.9 Å². The van der Waals surface area contributed by atoms with Crippen LogP contribution in [0.1, 0.15) is 0 Å². The molecule has 2 saturated heterocycles. The van der Waals surface area contributed by atoms with E-state index >= 15 is 0 Å². The lowest BCUT2D eigenvalue weighted by Crippen LogP contribution is -2.60. The Bertz CT molecular complexity index is 766. The van der Waals surface area contributed by atoms with Crippen molar-refractivity contribution in [1.29, 1.82) is 0 Å². The molecule has 13 nitrogen and oxygen atoms in total. The highest BCUT2D eigenvalue weighted by atomic mass is 16.7. The summed E-state index contributed by atoms with van der Waals surface area (Å²) < 4.78 is 37.5. The summed E-state index contributed by atoms with van der Waals surface area (Å²) in [6.45, 7) is -1.51. The fourth-order valence-corrected chi connectivity index (χ4v) is 3.54. The van der Waals surface area contributed by atoms with Crippen LogP contribution >= 0.6 is 0 Å². The zero-order valence-electron chi connectivity index (χ0n) is 18.4. The molecule has 33 heavy (non-hydrogen) atoms. The SMILES string of the molecule is COc1cc(OC2OC(COC3OC[C@](O)(CO)C3O)C(O)C(O)C2O)cc(OC)c1OC. The Morgan fingerprint density at radius 3 is 2.09 bits per heavy atom. The summed E-state index contributed by atoms with van der Waals surface area (Å²) in [7, 11) is 4.26. The molecule has 0 radical (unpaired) electrons. The summed E-state index contributed by atoms with van der Waals surface area (Å²) in [4.78, 5) is 0. The van der Waals surface area contributed by atoms with Crippen molar-refractivity contribution in [2.75, 3.05) is 41.2 Å². The van der Waals surface area contributed by atoms with Gasteiger partial charge in [-0.3, -0.25) is 0 Å². The van der Waals surface area contributed by atoms with E-state index in [1.54, 1.807) is 0 Å². The lowest BCUT2D eigenvalue weighted by atomic mass is 9.99. The molecule has 13 heteroatoms. The standard InChI is InChI=1S/C20H30O13/c1-27-10-4-9(5-11(28-2)16(10)29-3)32-18-15(24)14(23)13(22)12(33-18)6-30-19-17(25)20(26,7-21)8-31-19/h4-5,12-15,17-19,21-26H,6-8H2,1-3H3/t12?,13?,14?,15?,17?,18?,19?,20-/m1/s1. The van der Waals surface area contributed by atoms with Gasteiger partial charge in [0.05, 0.1) is 41.2 Å². The Morgan fingerprint density at radius 1 is 0.939 bits per heavy atom. The second-order valence-electron chi connectivity index (χ2n) is 7.71. The maximum atomic E-state index is 10.3. The van der Waals surface area contributed by atoms with Crippen LogP contribution in [0, 0.1) is 0 Å². The van der Waals surface area contributed by atoms with Crippen LogP contribution in [0.3, 0.4) is 0 Å². The Hall–Kier alpha value is -1.94. The summed E-state index contributed by atoms with van der Waals surface area (Å²) in [5.74, 6) is 1.03. The van der Waals surface area contributed by atoms with Crippen LogP contribution in [0.5, 0.6) is 23.0 Å². The van der Waals surface area contributed by atoms with Gasteiger partial charge >= 0.3 is 0 Å². The van der Waals surface area contributed by atoms with Gasteiger partial charge in [0.2, 0.25) is 12.0 Å². The first-order chi connectivity index (χ1) is 15.7. The van der Waals surface area contributed by atoms with Gasteiger partial charge in [-0.2, -0.15) is 0 Å². The first kappa shape index (κ1) is 25.7. The predicted octanol–water partition coefficient (Wildman–Crippen LogP) is -2.64. The maximum absolute atomic E-state index is 10.3. The Labute approximate surface area is 189 Å². The van der Waals surface area contributed by atoms with E-state index < -0.39 is 61.9 Å². The molecule has 0 saturated carbocycles. The lowest BCUT2D eigenvalue weighted by Gasteiger charge is -2.40. The minimum absolute atomic E-state index is 0.152. The van der Waals surface area contributed by atoms with Gasteiger partial charge in [0.1, 0.15) is 41.9 Å². The van der Waals surface area contributed by atoms with Gasteiger partial charge in [0.15, 0.2) is 17.8 Å². The quantitative estimate of drug-likeness (QED) is 0.216. The van der Waals surface area contributed by atoms with Gasteiger partial charge in [-0.1, -0.05) is 0 Å². The summed E-state index contributed by atoms with van der Waals surface area (Å²) in [5, 5.41) is 60.2. The highest BCUT2D eigenvalue weighted by Crippen LogP contribution is 2.41. The monoisotopic (exact) mass is 478 g/mol. The van der Waals surface area contributed by atoms with Crippen LogP contribution in [-0.4, -0.2) is 120 Å². The molecule has 6 N–H and O–H groups in total. The number of aliphatic hydroxyl groups is 6. The van der Waals surface area contributed by atoms with Crippen molar-refractivity contribution in [3.8, 4) is 23.0 Å². The van der Waals surface area contributed by atoms with Crippen LogP contribution in [0.25, 0.3) is 0 Å². The normalized spacial score (nSPS) is 36.5. The van der Waals surface area contributed by atoms with Gasteiger partial charge in [0, 0.05) is 12.1 Å². The molecule has 0 aliphatic carbocycles. The summed E-state index contributed by atoms with van der Waals surface area (Å²) in [6.07, 6.45) is -10.3. The van der Waals surface area contributed by atoms with Gasteiger partial charge in [0.25, 0.3) is 0 Å². The summed E-state index contributed by atoms with van der Waals surface area (Å²) >= 11 is 0. The topological polar surface area (TPSA) is 186 Å². The molecular formula is C20H30O13. The van der Waals surface area contributed by atoms with Crippen LogP contribution < -0.4 is 18.9 Å². The number of aliphatic hydroxyl groups excluding tert-OH is 5. The van der Waals surface area contributed by atoms with Crippen LogP contribution in [0.4, 0.5) is 0 Å². The van der Waals surface area contributed by atoms with E-state index in [0.717, 1.165) is 0 Å². The zero-order valence-corrected chi connectivity index (χ0v) is 18.4. The Balaban J connectivity index is 1.71. The predicted molar refractivity (Wildman–Crippen MR) is 107 cm³/mol. The first-order valence-corrected chi connectivity index (χ1v) is 10.1. The number of rotatable bonds is 9. The van der Waals surface area contributed by atoms with E-state index in [2.05, 4.69) is 0 Å². The molecule has 2 aliphatic heterocycles. The lowest BCUT2D eigenvalue weighted by molar-refractivity contribution is -0.289. The highest BCUT2D eigenvalue weighted by Gasteiger charge is 2.50. The fraction of sp³-hybridized carbons (Fsp3) is 0.700. The zero-order chi connectivity index (χ0) is 24.3. The van der Waals surface area contributed by atoms with E-state index in [1.165, 1.54) is 33.5 Å². The number of benzene rings is 1. The van der Waals surface area contributed by atoms with E-state index in [0.29, 0.717) is 5.75 Å². The third-order valence-corrected chi connectivity index (χ3v) is 5.56. The maximum Gasteiger partial charge on any atom is 0.229 e. The van der Waals surface area contributed by atoms with Crippen LogP contribution in [-0.2, 0) is 14.2 Å². The Kier molecular flexibility index (Phi) is 8.21. The third kappa shape index (κ3) is 5.11. The average Bonchev–Trinajstić information content (AvgIpc) is 3.11. The van der Waals surface area contributed by atoms with Crippen molar-refractivity contribution in [3.63, 3.8) is 0 Å². The van der Waals surface area contributed by atoms with Crippen molar-refractivity contribution in [2.45, 2.75) is 48.7 Å². The third-order valence-electron chi connectivity index (χ3n) is 5.56. The van der Waals surface area contributed by atoms with Crippen LogP contribution in [0.2, 0.25) is 0 Å². The van der Waals surface area contributed by atoms with Gasteiger partial charge < -0.3 is 63.8 Å². The first-order valence-electron chi connectivity index (χ1n) is 10.1. The smallest absolute Gasteiger partial charge is 0.229 e. The molecule has 0 bridgehead atoms. The molecule has 2 fully saturated rings. The van der Waals surface area contributed by atoms with E-state index in [9.17, 15) is 30.6 Å². The number of methoxy groups -OCH3 is 3. The largest absolute Gasteiger partial charge is 0.493 e. The summed E-state index contributed by atoms with van der Waals surface area (Å²) in [6, 6.07) is 2.91. The number of hydrogen-bond acceptors (Lipinski definition) is 13. The van der Waals surface area contributed by atoms with Crippen molar-refractivity contribution >= 4 is 0 Å². The van der Waals surface area contributed by atoms with Crippen LogP contribution in [0.15, 0.2) is 12.1 Å². The van der Waals surface area contributed by atoms with Gasteiger partial charge in [-0.05, 0) is 0 Å². The molecule has 8 atom stereocenters. The molecule has 2 aliphatic rings. The molecule has 3 rings (SSSR count). The van der Waals surface area contributed by atoms with E-state index in [4.69, 9.17) is 33.2 Å². The molecule has 188 valence electrons. The molecule has 0 amide bonds. The second-order valence-corrected chi connectivity index (χ2v) is 7.71. The molecule has 0 aromatic heterocycles. The molecule has 0 spiro atoms. The minimum atomic E-state index is -1.88. The molecule has 1 aromatic carbocycles. The summed E-state index contributed by atoms with van der Waals surface area (Å²) in [5.41, 5.74) is -1.88. The van der Waals surface area contributed by atoms with Crippen molar-refractivity contribution in [1.82, 2.24) is 0 Å². The second kappa shape index (κ2) is 10.5. The van der Waals surface area contributed by atoms with Crippen molar-refractivity contribution in [2.24, 2.45) is 0 Å². The van der Waals surface area contributed by atoms with Gasteiger partial charge in [-0.15, -0.1) is 0 Å². The fourth-order valence-electron chi connectivity index (χ4n) is 3.54.